The number of rotatable bonds is 10. The monoisotopic (exact) mass is 602 g/mol. The molecule has 0 saturated carbocycles. The summed E-state index contributed by atoms with van der Waals surface area (Å²) in [6, 6.07) is 17.3. The van der Waals surface area contributed by atoms with Gasteiger partial charge in [0.25, 0.3) is 0 Å². The molecule has 3 rings (SSSR count). The van der Waals surface area contributed by atoms with E-state index < -0.39 is 24.8 Å². The molecule has 0 aliphatic carbocycles. The quantitative estimate of drug-likeness (QED) is 0.155. The summed E-state index contributed by atoms with van der Waals surface area (Å²) in [6.07, 6.45) is -1.21. The number of carbonyl (C=O) groups excluding carboxylic acids is 4. The SMILES string of the molecule is COC(=O)CCC(=O)OCOC(=O)Nc1cc(Br)ccc1Nc1ccc(C(=O)c2ccccc2C)c(Cl)c1. The van der Waals surface area contributed by atoms with Crippen LogP contribution in [0.3, 0.4) is 0 Å². The molecule has 0 fully saturated rings. The Hall–Kier alpha value is -3.89. The average molecular weight is 604 g/mol. The first kappa shape index (κ1) is 28.7. The molecular weight excluding hydrogens is 580 g/mol. The molecule has 0 aliphatic heterocycles. The highest BCUT2D eigenvalue weighted by Crippen LogP contribution is 2.31. The average Bonchev–Trinajstić information content (AvgIpc) is 2.89. The van der Waals surface area contributed by atoms with Crippen LogP contribution in [0.2, 0.25) is 5.02 Å². The van der Waals surface area contributed by atoms with Gasteiger partial charge in [-0.1, -0.05) is 51.8 Å². The Morgan fingerprint density at radius 3 is 2.32 bits per heavy atom. The first-order valence-electron chi connectivity index (χ1n) is 11.3. The van der Waals surface area contributed by atoms with Gasteiger partial charge in [0.05, 0.1) is 36.3 Å². The van der Waals surface area contributed by atoms with Crippen LogP contribution < -0.4 is 10.6 Å². The zero-order valence-electron chi connectivity index (χ0n) is 20.5. The Balaban J connectivity index is 1.64. The third kappa shape index (κ3) is 8.06. The van der Waals surface area contributed by atoms with Crippen molar-refractivity contribution in [3.8, 4) is 0 Å². The zero-order chi connectivity index (χ0) is 27.7. The van der Waals surface area contributed by atoms with Gasteiger partial charge in [0.1, 0.15) is 0 Å². The van der Waals surface area contributed by atoms with Crippen LogP contribution in [0.15, 0.2) is 65.1 Å². The Bertz CT molecular complexity index is 1360. The fraction of sp³-hybridized carbons (Fsp3) is 0.185. The lowest BCUT2D eigenvalue weighted by atomic mass is 9.99. The Kier molecular flexibility index (Phi) is 10.3. The van der Waals surface area contributed by atoms with Gasteiger partial charge in [-0.15, -0.1) is 0 Å². The number of benzene rings is 3. The first-order chi connectivity index (χ1) is 18.2. The third-order valence-electron chi connectivity index (χ3n) is 5.27. The molecule has 0 aliphatic rings. The molecule has 1 amide bonds. The summed E-state index contributed by atoms with van der Waals surface area (Å²) in [5.74, 6) is -1.45. The van der Waals surface area contributed by atoms with Crippen LogP contribution in [0.5, 0.6) is 0 Å². The van der Waals surface area contributed by atoms with Crippen molar-refractivity contribution in [1.82, 2.24) is 0 Å². The number of esters is 2. The molecule has 11 heteroatoms. The number of halogens is 2. The molecular formula is C27H24BrClN2O7. The van der Waals surface area contributed by atoms with Crippen LogP contribution in [0.25, 0.3) is 0 Å². The summed E-state index contributed by atoms with van der Waals surface area (Å²) in [6.45, 7) is 1.23. The lowest BCUT2D eigenvalue weighted by Gasteiger charge is -2.15. The van der Waals surface area contributed by atoms with Gasteiger partial charge in [-0.2, -0.15) is 0 Å². The van der Waals surface area contributed by atoms with Gasteiger partial charge in [0, 0.05) is 21.3 Å². The van der Waals surface area contributed by atoms with Crippen LogP contribution >= 0.6 is 27.5 Å². The highest BCUT2D eigenvalue weighted by molar-refractivity contribution is 9.10. The van der Waals surface area contributed by atoms with Gasteiger partial charge in [0.15, 0.2) is 5.78 Å². The van der Waals surface area contributed by atoms with Crippen molar-refractivity contribution < 1.29 is 33.4 Å². The van der Waals surface area contributed by atoms with E-state index in [0.717, 1.165) is 5.56 Å². The molecule has 0 unspecified atom stereocenters. The number of amides is 1. The van der Waals surface area contributed by atoms with Crippen molar-refractivity contribution in [1.29, 1.82) is 0 Å². The lowest BCUT2D eigenvalue weighted by molar-refractivity contribution is -0.154. The number of carbonyl (C=O) groups is 4. The largest absolute Gasteiger partial charge is 0.469 e. The molecule has 0 aromatic heterocycles. The number of aryl methyl sites for hydroxylation is 1. The number of ketones is 1. The Morgan fingerprint density at radius 1 is 0.868 bits per heavy atom. The maximum absolute atomic E-state index is 13.0. The van der Waals surface area contributed by atoms with Crippen LogP contribution in [0, 0.1) is 6.92 Å². The standard InChI is InChI=1S/C27H24BrClN2O7/c1-16-5-3-4-6-19(16)26(34)20-9-8-18(14-21(20)29)30-22-10-7-17(28)13-23(22)31-27(35)38-15-37-25(33)12-11-24(32)36-2/h3-10,13-14,30H,11-12,15H2,1-2H3,(H,31,35). The van der Waals surface area contributed by atoms with E-state index in [9.17, 15) is 19.2 Å². The minimum atomic E-state index is -0.871. The van der Waals surface area contributed by atoms with E-state index in [2.05, 4.69) is 31.3 Å². The van der Waals surface area contributed by atoms with Crippen LogP contribution in [-0.2, 0) is 23.8 Å². The fourth-order valence-corrected chi connectivity index (χ4v) is 3.93. The molecule has 198 valence electrons. The van der Waals surface area contributed by atoms with Gasteiger partial charge in [-0.3, -0.25) is 19.7 Å². The molecule has 9 nitrogen and oxygen atoms in total. The van der Waals surface area contributed by atoms with Crippen LogP contribution in [-0.4, -0.2) is 37.7 Å². The van der Waals surface area contributed by atoms with Gasteiger partial charge in [0.2, 0.25) is 6.79 Å². The van der Waals surface area contributed by atoms with Crippen molar-refractivity contribution in [3.05, 3.63) is 86.8 Å². The summed E-state index contributed by atoms with van der Waals surface area (Å²) in [4.78, 5) is 47.9. The lowest BCUT2D eigenvalue weighted by Crippen LogP contribution is -2.18. The molecule has 0 saturated heterocycles. The summed E-state index contributed by atoms with van der Waals surface area (Å²) in [5.41, 5.74) is 3.23. The minimum Gasteiger partial charge on any atom is -0.469 e. The predicted octanol–water partition coefficient (Wildman–Crippen LogP) is 6.39. The number of methoxy groups -OCH3 is 1. The summed E-state index contributed by atoms with van der Waals surface area (Å²) >= 11 is 9.81. The molecule has 3 aromatic carbocycles. The van der Waals surface area contributed by atoms with Crippen molar-refractivity contribution in [3.63, 3.8) is 0 Å². The van der Waals surface area contributed by atoms with E-state index in [1.54, 1.807) is 48.5 Å². The molecule has 38 heavy (non-hydrogen) atoms. The highest BCUT2D eigenvalue weighted by Gasteiger charge is 2.16. The first-order valence-corrected chi connectivity index (χ1v) is 12.5. The molecule has 0 bridgehead atoms. The topological polar surface area (TPSA) is 120 Å². The summed E-state index contributed by atoms with van der Waals surface area (Å²) < 4.78 is 14.8. The second-order valence-corrected chi connectivity index (χ2v) is 9.24. The molecule has 0 radical (unpaired) electrons. The number of anilines is 3. The number of nitrogens with one attached hydrogen (secondary N) is 2. The number of hydrogen-bond donors (Lipinski definition) is 2. The second-order valence-electron chi connectivity index (χ2n) is 7.92. The maximum Gasteiger partial charge on any atom is 0.414 e. The van der Waals surface area contributed by atoms with E-state index in [1.165, 1.54) is 7.11 Å². The molecule has 0 atom stereocenters. The molecule has 0 heterocycles. The zero-order valence-corrected chi connectivity index (χ0v) is 22.9. The smallest absolute Gasteiger partial charge is 0.414 e. The number of hydrogen-bond acceptors (Lipinski definition) is 8. The van der Waals surface area contributed by atoms with Gasteiger partial charge >= 0.3 is 18.0 Å². The second kappa shape index (κ2) is 13.6. The predicted molar refractivity (Wildman–Crippen MR) is 146 cm³/mol. The van der Waals surface area contributed by atoms with Crippen LogP contribution in [0.4, 0.5) is 21.9 Å². The van der Waals surface area contributed by atoms with E-state index in [1.807, 2.05) is 19.1 Å². The van der Waals surface area contributed by atoms with Gasteiger partial charge in [-0.05, 0) is 48.9 Å². The van der Waals surface area contributed by atoms with Crippen molar-refractivity contribution in [2.24, 2.45) is 0 Å². The van der Waals surface area contributed by atoms with Crippen molar-refractivity contribution in [2.45, 2.75) is 19.8 Å². The van der Waals surface area contributed by atoms with Crippen molar-refractivity contribution >= 4 is 68.4 Å². The minimum absolute atomic E-state index is 0.139. The molecule has 3 aromatic rings. The third-order valence-corrected chi connectivity index (χ3v) is 6.08. The van der Waals surface area contributed by atoms with Gasteiger partial charge in [-0.25, -0.2) is 4.79 Å². The van der Waals surface area contributed by atoms with E-state index in [0.29, 0.717) is 32.7 Å². The summed E-state index contributed by atoms with van der Waals surface area (Å²) in [5, 5.41) is 5.99. The Labute approximate surface area is 232 Å². The normalized spacial score (nSPS) is 10.3. The maximum atomic E-state index is 13.0. The fourth-order valence-electron chi connectivity index (χ4n) is 3.31. The highest BCUT2D eigenvalue weighted by atomic mass is 79.9. The van der Waals surface area contributed by atoms with Crippen molar-refractivity contribution in [2.75, 3.05) is 24.5 Å². The van der Waals surface area contributed by atoms with Gasteiger partial charge < -0.3 is 19.5 Å². The van der Waals surface area contributed by atoms with Crippen LogP contribution in [0.1, 0.15) is 34.3 Å². The number of ether oxygens (including phenoxy) is 3. The summed E-state index contributed by atoms with van der Waals surface area (Å²) in [7, 11) is 1.21. The van der Waals surface area contributed by atoms with E-state index in [-0.39, 0.29) is 23.6 Å². The molecule has 0 spiro atoms. The Morgan fingerprint density at radius 2 is 1.61 bits per heavy atom. The molecule has 2 N–H and O–H groups in total. The van der Waals surface area contributed by atoms with E-state index in [4.69, 9.17) is 21.1 Å². The van der Waals surface area contributed by atoms with E-state index >= 15 is 0 Å².